The van der Waals surface area contributed by atoms with Crippen LogP contribution in [0.15, 0.2) is 48.5 Å². The molecule has 3 aromatic rings. The summed E-state index contributed by atoms with van der Waals surface area (Å²) < 4.78 is 2.00. The zero-order chi connectivity index (χ0) is 24.0. The number of imidazole rings is 1. The molecule has 176 valence electrons. The lowest BCUT2D eigenvalue weighted by molar-refractivity contribution is -0.132. The van der Waals surface area contributed by atoms with Gasteiger partial charge in [0.15, 0.2) is 0 Å². The van der Waals surface area contributed by atoms with Crippen LogP contribution >= 0.6 is 0 Å². The van der Waals surface area contributed by atoms with Gasteiger partial charge in [0.05, 0.1) is 11.0 Å². The molecule has 2 aromatic carbocycles. The first-order valence-corrected chi connectivity index (χ1v) is 11.8. The molecule has 6 heteroatoms. The number of para-hydroxylation sites is 2. The molecule has 3 rings (SSSR count). The Balaban J connectivity index is 1.76. The number of aryl methyl sites for hydroxylation is 1. The largest absolute Gasteiger partial charge is 0.352 e. The lowest BCUT2D eigenvalue weighted by atomic mass is 10.1. The fraction of sp³-hybridized carbons (Fsp3) is 0.444. The minimum atomic E-state index is -0.0996. The van der Waals surface area contributed by atoms with Crippen LogP contribution in [0, 0.1) is 18.8 Å². The van der Waals surface area contributed by atoms with Crippen molar-refractivity contribution in [3.63, 3.8) is 0 Å². The van der Waals surface area contributed by atoms with Gasteiger partial charge in [-0.2, -0.15) is 0 Å². The standard InChI is InChI=1S/C27H36N4O2/c1-19(2)16-30(17-20(3)4)26(32)18-31-24-12-7-6-11-23(24)29-25(31)13-14-28-27(33)22-10-8-9-21(5)15-22/h6-12,15,19-20H,13-14,16-18H2,1-5H3,(H,28,33). The molecule has 0 saturated carbocycles. The molecule has 33 heavy (non-hydrogen) atoms. The second-order valence-corrected chi connectivity index (χ2v) is 9.56. The molecule has 6 nitrogen and oxygen atoms in total. The van der Waals surface area contributed by atoms with E-state index in [1.807, 2.05) is 64.9 Å². The molecule has 0 aliphatic rings. The number of rotatable bonds is 10. The predicted octanol–water partition coefficient (Wildman–Crippen LogP) is 4.46. The average Bonchev–Trinajstić information content (AvgIpc) is 3.10. The van der Waals surface area contributed by atoms with Crippen LogP contribution in [0.25, 0.3) is 11.0 Å². The van der Waals surface area contributed by atoms with Gasteiger partial charge in [-0.1, -0.05) is 57.5 Å². The van der Waals surface area contributed by atoms with Crippen molar-refractivity contribution in [2.75, 3.05) is 19.6 Å². The Morgan fingerprint density at radius 3 is 2.36 bits per heavy atom. The van der Waals surface area contributed by atoms with Gasteiger partial charge < -0.3 is 14.8 Å². The van der Waals surface area contributed by atoms with Crippen LogP contribution in [0.3, 0.4) is 0 Å². The van der Waals surface area contributed by atoms with Gasteiger partial charge in [-0.25, -0.2) is 4.98 Å². The van der Waals surface area contributed by atoms with Gasteiger partial charge in [0.2, 0.25) is 5.91 Å². The number of nitrogens with one attached hydrogen (secondary N) is 1. The molecule has 0 spiro atoms. The normalized spacial score (nSPS) is 11.4. The fourth-order valence-electron chi connectivity index (χ4n) is 4.06. The highest BCUT2D eigenvalue weighted by molar-refractivity contribution is 5.94. The third-order valence-corrected chi connectivity index (χ3v) is 5.47. The summed E-state index contributed by atoms with van der Waals surface area (Å²) in [5.41, 5.74) is 3.51. The van der Waals surface area contributed by atoms with Crippen molar-refractivity contribution in [2.24, 2.45) is 11.8 Å². The molecular formula is C27H36N4O2. The van der Waals surface area contributed by atoms with E-state index in [9.17, 15) is 9.59 Å². The summed E-state index contributed by atoms with van der Waals surface area (Å²) >= 11 is 0. The van der Waals surface area contributed by atoms with E-state index in [-0.39, 0.29) is 18.4 Å². The lowest BCUT2D eigenvalue weighted by Crippen LogP contribution is -2.39. The molecular weight excluding hydrogens is 412 g/mol. The van der Waals surface area contributed by atoms with Gasteiger partial charge in [-0.05, 0) is 43.0 Å². The fourth-order valence-corrected chi connectivity index (χ4v) is 4.06. The Hall–Kier alpha value is -3.15. The third-order valence-electron chi connectivity index (χ3n) is 5.47. The molecule has 1 aromatic heterocycles. The van der Waals surface area contributed by atoms with E-state index in [4.69, 9.17) is 4.98 Å². The number of aromatic nitrogens is 2. The van der Waals surface area contributed by atoms with Crippen molar-refractivity contribution < 1.29 is 9.59 Å². The quantitative estimate of drug-likeness (QED) is 0.498. The number of nitrogens with zero attached hydrogens (tertiary/aromatic N) is 3. The van der Waals surface area contributed by atoms with Crippen molar-refractivity contribution in [3.8, 4) is 0 Å². The van der Waals surface area contributed by atoms with E-state index in [1.54, 1.807) is 0 Å². The van der Waals surface area contributed by atoms with Crippen LogP contribution in [0.5, 0.6) is 0 Å². The predicted molar refractivity (Wildman–Crippen MR) is 133 cm³/mol. The summed E-state index contributed by atoms with van der Waals surface area (Å²) in [6, 6.07) is 15.4. The summed E-state index contributed by atoms with van der Waals surface area (Å²) in [6.45, 7) is 12.7. The van der Waals surface area contributed by atoms with E-state index in [2.05, 4.69) is 33.0 Å². The Kier molecular flexibility index (Phi) is 8.26. The zero-order valence-electron chi connectivity index (χ0n) is 20.5. The van der Waals surface area contributed by atoms with Crippen LogP contribution in [-0.2, 0) is 17.8 Å². The number of hydrogen-bond acceptors (Lipinski definition) is 3. The van der Waals surface area contributed by atoms with E-state index in [0.717, 1.165) is 35.5 Å². The van der Waals surface area contributed by atoms with Gasteiger partial charge in [0.25, 0.3) is 5.91 Å². The zero-order valence-corrected chi connectivity index (χ0v) is 20.5. The maximum Gasteiger partial charge on any atom is 0.251 e. The molecule has 0 aliphatic carbocycles. The summed E-state index contributed by atoms with van der Waals surface area (Å²) in [5.74, 6) is 1.62. The lowest BCUT2D eigenvalue weighted by Gasteiger charge is -2.27. The minimum Gasteiger partial charge on any atom is -0.352 e. The minimum absolute atomic E-state index is 0.0996. The molecule has 0 unspecified atom stereocenters. The smallest absolute Gasteiger partial charge is 0.251 e. The number of benzene rings is 2. The van der Waals surface area contributed by atoms with Crippen molar-refractivity contribution in [3.05, 3.63) is 65.5 Å². The van der Waals surface area contributed by atoms with E-state index < -0.39 is 0 Å². The van der Waals surface area contributed by atoms with Crippen molar-refractivity contribution in [1.82, 2.24) is 19.8 Å². The maximum absolute atomic E-state index is 13.3. The highest BCUT2D eigenvalue weighted by Gasteiger charge is 2.20. The first-order chi connectivity index (χ1) is 15.7. The Labute approximate surface area is 197 Å². The van der Waals surface area contributed by atoms with Gasteiger partial charge >= 0.3 is 0 Å². The number of fused-ring (bicyclic) bond motifs is 1. The molecule has 2 amide bonds. The summed E-state index contributed by atoms with van der Waals surface area (Å²) in [4.78, 5) is 32.5. The molecule has 0 fully saturated rings. The average molecular weight is 449 g/mol. The van der Waals surface area contributed by atoms with E-state index in [0.29, 0.717) is 30.4 Å². The van der Waals surface area contributed by atoms with Crippen molar-refractivity contribution in [2.45, 2.75) is 47.6 Å². The first-order valence-electron chi connectivity index (χ1n) is 11.8. The molecule has 0 bridgehead atoms. The molecule has 0 atom stereocenters. The second kappa shape index (κ2) is 11.1. The topological polar surface area (TPSA) is 67.2 Å². The Morgan fingerprint density at radius 2 is 1.70 bits per heavy atom. The van der Waals surface area contributed by atoms with Gasteiger partial charge in [-0.15, -0.1) is 0 Å². The molecule has 1 N–H and O–H groups in total. The number of hydrogen-bond donors (Lipinski definition) is 1. The monoisotopic (exact) mass is 448 g/mol. The molecule has 0 radical (unpaired) electrons. The SMILES string of the molecule is Cc1cccc(C(=O)NCCc2nc3ccccc3n2CC(=O)N(CC(C)C)CC(C)C)c1. The Morgan fingerprint density at radius 1 is 1.00 bits per heavy atom. The highest BCUT2D eigenvalue weighted by atomic mass is 16.2. The molecule has 0 aliphatic heterocycles. The summed E-state index contributed by atoms with van der Waals surface area (Å²) in [5, 5.41) is 2.99. The molecule has 1 heterocycles. The first kappa shape index (κ1) is 24.5. The van der Waals surface area contributed by atoms with Crippen LogP contribution < -0.4 is 5.32 Å². The van der Waals surface area contributed by atoms with E-state index in [1.165, 1.54) is 0 Å². The van der Waals surface area contributed by atoms with Crippen molar-refractivity contribution in [1.29, 1.82) is 0 Å². The Bertz CT molecular complexity index is 1090. The van der Waals surface area contributed by atoms with Crippen LogP contribution in [0.1, 0.15) is 49.4 Å². The van der Waals surface area contributed by atoms with Crippen LogP contribution in [-0.4, -0.2) is 45.9 Å². The van der Waals surface area contributed by atoms with Gasteiger partial charge in [0.1, 0.15) is 12.4 Å². The maximum atomic E-state index is 13.3. The summed E-state index contributed by atoms with van der Waals surface area (Å²) in [7, 11) is 0. The molecule has 0 saturated heterocycles. The third kappa shape index (κ3) is 6.67. The second-order valence-electron chi connectivity index (χ2n) is 9.56. The number of carbonyl (C=O) groups excluding carboxylic acids is 2. The summed E-state index contributed by atoms with van der Waals surface area (Å²) in [6.07, 6.45) is 0.549. The van der Waals surface area contributed by atoms with E-state index >= 15 is 0 Å². The van der Waals surface area contributed by atoms with Gasteiger partial charge in [0, 0.05) is 31.6 Å². The number of amides is 2. The highest BCUT2D eigenvalue weighted by Crippen LogP contribution is 2.17. The van der Waals surface area contributed by atoms with Crippen LogP contribution in [0.4, 0.5) is 0 Å². The number of carbonyl (C=O) groups is 2. The van der Waals surface area contributed by atoms with Gasteiger partial charge in [-0.3, -0.25) is 9.59 Å². The van der Waals surface area contributed by atoms with Crippen LogP contribution in [0.2, 0.25) is 0 Å². The van der Waals surface area contributed by atoms with Crippen molar-refractivity contribution >= 4 is 22.8 Å².